The average molecular weight is 498 g/mol. The summed E-state index contributed by atoms with van der Waals surface area (Å²) >= 11 is 2.24. The van der Waals surface area contributed by atoms with E-state index in [-0.39, 0.29) is 0 Å². The first kappa shape index (κ1) is 19.3. The Morgan fingerprint density at radius 2 is 1.90 bits per heavy atom. The van der Waals surface area contributed by atoms with Crippen LogP contribution in [0.15, 0.2) is 71.8 Å². The first-order chi connectivity index (χ1) is 14.2. The smallest absolute Gasteiger partial charge is 0.222 e. The van der Waals surface area contributed by atoms with E-state index >= 15 is 0 Å². The van der Waals surface area contributed by atoms with Crippen LogP contribution in [0, 0.1) is 3.57 Å². The van der Waals surface area contributed by atoms with Crippen molar-refractivity contribution in [3.8, 4) is 11.5 Å². The first-order valence-electron chi connectivity index (χ1n) is 9.01. The van der Waals surface area contributed by atoms with E-state index in [4.69, 9.17) is 9.47 Å². The van der Waals surface area contributed by atoms with Crippen molar-refractivity contribution in [3.63, 3.8) is 0 Å². The third-order valence-corrected chi connectivity index (χ3v) is 5.05. The molecule has 2 N–H and O–H groups in total. The molecule has 0 saturated carbocycles. The number of aromatic amines is 1. The van der Waals surface area contributed by atoms with Crippen LogP contribution >= 0.6 is 22.6 Å². The molecule has 0 fully saturated rings. The Morgan fingerprint density at radius 1 is 1.10 bits per heavy atom. The summed E-state index contributed by atoms with van der Waals surface area (Å²) in [6.07, 6.45) is 1.72. The summed E-state index contributed by atoms with van der Waals surface area (Å²) in [5, 5.41) is 4.28. The van der Waals surface area contributed by atoms with Crippen molar-refractivity contribution >= 4 is 45.8 Å². The number of hydrogen-bond acceptors (Lipinski definition) is 5. The first-order valence-corrected chi connectivity index (χ1v) is 10.1. The maximum Gasteiger partial charge on any atom is 0.222 e. The summed E-state index contributed by atoms with van der Waals surface area (Å²) < 4.78 is 12.5. The third-order valence-electron chi connectivity index (χ3n) is 4.25. The van der Waals surface area contributed by atoms with Crippen LogP contribution in [0.4, 0.5) is 5.95 Å². The van der Waals surface area contributed by atoms with Crippen molar-refractivity contribution < 1.29 is 9.47 Å². The van der Waals surface area contributed by atoms with Gasteiger partial charge in [0.25, 0.3) is 0 Å². The zero-order valence-electron chi connectivity index (χ0n) is 15.7. The second kappa shape index (κ2) is 8.95. The van der Waals surface area contributed by atoms with E-state index < -0.39 is 0 Å². The van der Waals surface area contributed by atoms with Gasteiger partial charge in [-0.2, -0.15) is 5.10 Å². The number of aromatic nitrogens is 2. The summed E-state index contributed by atoms with van der Waals surface area (Å²) in [6, 6.07) is 21.8. The van der Waals surface area contributed by atoms with Gasteiger partial charge in [-0.05, 0) is 58.0 Å². The zero-order chi connectivity index (χ0) is 20.1. The number of para-hydroxylation sites is 2. The van der Waals surface area contributed by atoms with E-state index in [1.54, 1.807) is 13.3 Å². The number of imidazole rings is 1. The van der Waals surface area contributed by atoms with Crippen molar-refractivity contribution in [2.24, 2.45) is 5.10 Å². The van der Waals surface area contributed by atoms with Gasteiger partial charge in [0, 0.05) is 0 Å². The van der Waals surface area contributed by atoms with Crippen LogP contribution in [0.25, 0.3) is 11.0 Å². The van der Waals surface area contributed by atoms with Gasteiger partial charge in [-0.25, -0.2) is 10.4 Å². The number of fused-ring (bicyclic) bond motifs is 1. The van der Waals surface area contributed by atoms with Crippen LogP contribution in [0.5, 0.6) is 11.5 Å². The van der Waals surface area contributed by atoms with Crippen LogP contribution in [-0.2, 0) is 6.61 Å². The summed E-state index contributed by atoms with van der Waals surface area (Å²) in [7, 11) is 1.63. The van der Waals surface area contributed by atoms with Gasteiger partial charge < -0.3 is 14.5 Å². The Morgan fingerprint density at radius 3 is 2.69 bits per heavy atom. The van der Waals surface area contributed by atoms with Crippen LogP contribution in [0.2, 0.25) is 0 Å². The zero-order valence-corrected chi connectivity index (χ0v) is 17.9. The quantitative estimate of drug-likeness (QED) is 0.209. The molecule has 0 unspecified atom stereocenters. The molecule has 7 heteroatoms. The molecule has 4 rings (SSSR count). The fourth-order valence-electron chi connectivity index (χ4n) is 2.86. The molecule has 0 atom stereocenters. The Hall–Kier alpha value is -3.07. The minimum absolute atomic E-state index is 0.480. The molecule has 0 spiro atoms. The summed E-state index contributed by atoms with van der Waals surface area (Å²) in [5.74, 6) is 1.98. The average Bonchev–Trinajstić information content (AvgIpc) is 3.16. The fraction of sp³-hybridized carbons (Fsp3) is 0.0909. The van der Waals surface area contributed by atoms with Crippen LogP contribution < -0.4 is 14.9 Å². The van der Waals surface area contributed by atoms with E-state index in [9.17, 15) is 0 Å². The molecule has 4 aromatic rings. The topological polar surface area (TPSA) is 71.5 Å². The van der Waals surface area contributed by atoms with Gasteiger partial charge in [0.1, 0.15) is 6.61 Å². The number of halogens is 1. The second-order valence-corrected chi connectivity index (χ2v) is 7.44. The molecular formula is C22H19IN4O2. The lowest BCUT2D eigenvalue weighted by atomic mass is 10.2. The number of anilines is 1. The molecule has 1 heterocycles. The Balaban J connectivity index is 1.47. The molecule has 146 valence electrons. The minimum atomic E-state index is 0.480. The van der Waals surface area contributed by atoms with Crippen molar-refractivity contribution in [1.29, 1.82) is 0 Å². The fourth-order valence-corrected chi connectivity index (χ4v) is 3.64. The summed E-state index contributed by atoms with van der Waals surface area (Å²) in [5.41, 5.74) is 6.77. The monoisotopic (exact) mass is 498 g/mol. The van der Waals surface area contributed by atoms with Crippen molar-refractivity contribution in [2.45, 2.75) is 6.61 Å². The van der Waals surface area contributed by atoms with E-state index in [0.717, 1.165) is 31.5 Å². The highest BCUT2D eigenvalue weighted by molar-refractivity contribution is 14.1. The Bertz CT molecular complexity index is 1110. The molecule has 0 aliphatic heterocycles. The maximum absolute atomic E-state index is 6.00. The normalized spacial score (nSPS) is 11.1. The van der Waals surface area contributed by atoms with Crippen LogP contribution in [0.1, 0.15) is 11.1 Å². The SMILES string of the molecule is COc1cc(/C=N\Nc2nc3ccccc3[nH]2)cc(I)c1OCc1ccccc1. The largest absolute Gasteiger partial charge is 0.493 e. The maximum atomic E-state index is 6.00. The molecule has 0 aliphatic carbocycles. The molecule has 0 amide bonds. The number of nitrogens with zero attached hydrogens (tertiary/aromatic N) is 2. The lowest BCUT2D eigenvalue weighted by Gasteiger charge is -2.13. The Labute approximate surface area is 182 Å². The molecule has 29 heavy (non-hydrogen) atoms. The Kier molecular flexibility index (Phi) is 5.95. The standard InChI is InChI=1S/C22H19IN4O2/c1-28-20-12-16(11-17(23)21(20)29-14-15-7-3-2-4-8-15)13-24-27-22-25-18-9-5-6-10-19(18)26-22/h2-13H,14H2,1H3,(H2,25,26,27)/b24-13-. The summed E-state index contributed by atoms with van der Waals surface area (Å²) in [6.45, 7) is 0.480. The number of methoxy groups -OCH3 is 1. The number of hydrogen-bond donors (Lipinski definition) is 2. The molecule has 0 aliphatic rings. The van der Waals surface area contributed by atoms with Crippen molar-refractivity contribution in [2.75, 3.05) is 12.5 Å². The molecular weight excluding hydrogens is 479 g/mol. The minimum Gasteiger partial charge on any atom is -0.493 e. The lowest BCUT2D eigenvalue weighted by Crippen LogP contribution is -2.01. The third kappa shape index (κ3) is 4.68. The lowest BCUT2D eigenvalue weighted by molar-refractivity contribution is 0.282. The number of benzene rings is 3. The van der Waals surface area contributed by atoms with Crippen LogP contribution in [0.3, 0.4) is 0 Å². The van der Waals surface area contributed by atoms with Gasteiger partial charge in [0.15, 0.2) is 11.5 Å². The van der Waals surface area contributed by atoms with Gasteiger partial charge in [0.05, 0.1) is 27.9 Å². The highest BCUT2D eigenvalue weighted by atomic mass is 127. The molecule has 3 aromatic carbocycles. The van der Waals surface area contributed by atoms with Gasteiger partial charge >= 0.3 is 0 Å². The van der Waals surface area contributed by atoms with E-state index in [1.807, 2.05) is 66.7 Å². The predicted molar refractivity (Wildman–Crippen MR) is 124 cm³/mol. The molecule has 0 radical (unpaired) electrons. The number of rotatable bonds is 7. The number of nitrogens with one attached hydrogen (secondary N) is 2. The number of H-pyrrole nitrogens is 1. The highest BCUT2D eigenvalue weighted by Gasteiger charge is 2.11. The van der Waals surface area contributed by atoms with Gasteiger partial charge in [0.2, 0.25) is 5.95 Å². The van der Waals surface area contributed by atoms with Crippen molar-refractivity contribution in [1.82, 2.24) is 9.97 Å². The molecule has 0 saturated heterocycles. The molecule has 0 bridgehead atoms. The summed E-state index contributed by atoms with van der Waals surface area (Å²) in [4.78, 5) is 7.61. The van der Waals surface area contributed by atoms with E-state index in [1.165, 1.54) is 0 Å². The van der Waals surface area contributed by atoms with Gasteiger partial charge in [-0.1, -0.05) is 42.5 Å². The predicted octanol–water partition coefficient (Wildman–Crippen LogP) is 5.20. The number of ether oxygens (including phenoxy) is 2. The molecule has 6 nitrogen and oxygen atoms in total. The van der Waals surface area contributed by atoms with Crippen molar-refractivity contribution in [3.05, 3.63) is 81.4 Å². The van der Waals surface area contributed by atoms with Crippen LogP contribution in [-0.4, -0.2) is 23.3 Å². The molecule has 1 aromatic heterocycles. The van der Waals surface area contributed by atoms with Gasteiger partial charge in [-0.3, -0.25) is 0 Å². The highest BCUT2D eigenvalue weighted by Crippen LogP contribution is 2.34. The van der Waals surface area contributed by atoms with Gasteiger partial charge in [-0.15, -0.1) is 0 Å². The van der Waals surface area contributed by atoms with E-state index in [0.29, 0.717) is 18.3 Å². The number of hydrazone groups is 1. The second-order valence-electron chi connectivity index (χ2n) is 6.28. The van der Waals surface area contributed by atoms with E-state index in [2.05, 4.69) is 43.1 Å².